The molecule has 4 rings (SSSR count). The zero-order chi connectivity index (χ0) is 31.7. The summed E-state index contributed by atoms with van der Waals surface area (Å²) in [5.41, 5.74) is 2.15. The zero-order valence-electron chi connectivity index (χ0n) is 24.9. The van der Waals surface area contributed by atoms with Crippen molar-refractivity contribution in [2.75, 3.05) is 24.5 Å². The van der Waals surface area contributed by atoms with Gasteiger partial charge in [-0.25, -0.2) is 12.8 Å². The number of hydrogen-bond donors (Lipinski definition) is 1. The molecule has 0 radical (unpaired) electrons. The molecule has 4 aromatic rings. The molecule has 0 aliphatic heterocycles. The van der Waals surface area contributed by atoms with E-state index >= 15 is 0 Å². The quantitative estimate of drug-likeness (QED) is 0.225. The van der Waals surface area contributed by atoms with Gasteiger partial charge in [0, 0.05) is 25.6 Å². The molecule has 0 aliphatic rings. The number of halogens is 1. The molecule has 0 spiro atoms. The second kappa shape index (κ2) is 14.7. The van der Waals surface area contributed by atoms with Crippen LogP contribution in [0.1, 0.15) is 23.6 Å². The van der Waals surface area contributed by atoms with Gasteiger partial charge in [-0.05, 0) is 61.9 Å². The normalized spacial score (nSPS) is 11.8. The van der Waals surface area contributed by atoms with Crippen molar-refractivity contribution in [1.29, 1.82) is 0 Å². The van der Waals surface area contributed by atoms with Gasteiger partial charge in [0.1, 0.15) is 24.2 Å². The van der Waals surface area contributed by atoms with Crippen LogP contribution in [0.5, 0.6) is 5.75 Å². The highest BCUT2D eigenvalue weighted by atomic mass is 32.2. The summed E-state index contributed by atoms with van der Waals surface area (Å²) in [6, 6.07) is 26.8. The minimum absolute atomic E-state index is 0.0397. The molecule has 8 nitrogen and oxygen atoms in total. The Morgan fingerprint density at radius 3 is 2.14 bits per heavy atom. The molecule has 0 saturated heterocycles. The highest BCUT2D eigenvalue weighted by Gasteiger charge is 2.34. The lowest BCUT2D eigenvalue weighted by atomic mass is 10.0. The second-order valence-corrected chi connectivity index (χ2v) is 12.0. The van der Waals surface area contributed by atoms with Crippen LogP contribution in [0.3, 0.4) is 0 Å². The third-order valence-corrected chi connectivity index (χ3v) is 8.93. The molecule has 10 heteroatoms. The number of hydrogen-bond acceptors (Lipinski definition) is 5. The van der Waals surface area contributed by atoms with E-state index in [4.69, 9.17) is 4.74 Å². The van der Waals surface area contributed by atoms with Crippen LogP contribution in [-0.2, 0) is 32.6 Å². The van der Waals surface area contributed by atoms with E-state index in [0.29, 0.717) is 12.4 Å². The SMILES string of the molecule is CCOc1ccc(S(=O)(=O)N(CC(=O)N(Cc2ccccc2F)[C@@H](Cc2ccccc2)C(=O)NC)c2ccc(C)cc2)cc1. The van der Waals surface area contributed by atoms with Crippen LogP contribution in [0.25, 0.3) is 0 Å². The number of likely N-dealkylation sites (N-methyl/N-ethyl adjacent to an activating group) is 1. The fraction of sp³-hybridized carbons (Fsp3) is 0.235. The predicted molar refractivity (Wildman–Crippen MR) is 168 cm³/mol. The van der Waals surface area contributed by atoms with Gasteiger partial charge in [0.15, 0.2) is 0 Å². The predicted octanol–water partition coefficient (Wildman–Crippen LogP) is 5.11. The first-order chi connectivity index (χ1) is 21.1. The second-order valence-electron chi connectivity index (χ2n) is 10.2. The number of rotatable bonds is 13. The topological polar surface area (TPSA) is 96.0 Å². The van der Waals surface area contributed by atoms with Gasteiger partial charge in [-0.1, -0.05) is 66.2 Å². The number of nitrogens with zero attached hydrogens (tertiary/aromatic N) is 2. The van der Waals surface area contributed by atoms with Gasteiger partial charge >= 0.3 is 0 Å². The van der Waals surface area contributed by atoms with Crippen molar-refractivity contribution >= 4 is 27.5 Å². The Morgan fingerprint density at radius 1 is 0.886 bits per heavy atom. The van der Waals surface area contributed by atoms with Crippen molar-refractivity contribution in [2.45, 2.75) is 37.8 Å². The molecule has 2 amide bonds. The Balaban J connectivity index is 1.78. The molecule has 4 aromatic carbocycles. The number of benzene rings is 4. The van der Waals surface area contributed by atoms with Gasteiger partial charge in [0.2, 0.25) is 11.8 Å². The van der Waals surface area contributed by atoms with Crippen LogP contribution in [0.4, 0.5) is 10.1 Å². The summed E-state index contributed by atoms with van der Waals surface area (Å²) in [6.45, 7) is 3.24. The maximum absolute atomic E-state index is 14.9. The number of aryl methyl sites for hydroxylation is 1. The van der Waals surface area contributed by atoms with E-state index in [9.17, 15) is 22.4 Å². The molecule has 230 valence electrons. The van der Waals surface area contributed by atoms with Crippen LogP contribution in [0.2, 0.25) is 0 Å². The van der Waals surface area contributed by atoms with E-state index in [2.05, 4.69) is 5.32 Å². The molecule has 1 atom stereocenters. The van der Waals surface area contributed by atoms with Crippen molar-refractivity contribution in [2.24, 2.45) is 0 Å². The number of anilines is 1. The van der Waals surface area contributed by atoms with Gasteiger partial charge in [-0.3, -0.25) is 13.9 Å². The summed E-state index contributed by atoms with van der Waals surface area (Å²) in [4.78, 5) is 28.8. The number of carbonyl (C=O) groups is 2. The molecule has 1 N–H and O–H groups in total. The number of carbonyl (C=O) groups excluding carboxylic acids is 2. The van der Waals surface area contributed by atoms with Crippen molar-refractivity contribution < 1.29 is 27.1 Å². The summed E-state index contributed by atoms with van der Waals surface area (Å²) in [6.07, 6.45) is 0.136. The van der Waals surface area contributed by atoms with E-state index in [0.717, 1.165) is 15.4 Å². The maximum atomic E-state index is 14.9. The van der Waals surface area contributed by atoms with Gasteiger partial charge in [-0.15, -0.1) is 0 Å². The average molecular weight is 618 g/mol. The summed E-state index contributed by atoms with van der Waals surface area (Å²) in [5, 5.41) is 2.61. The molecular weight excluding hydrogens is 581 g/mol. The Morgan fingerprint density at radius 2 is 1.52 bits per heavy atom. The van der Waals surface area contributed by atoms with Crippen LogP contribution in [0, 0.1) is 12.7 Å². The number of sulfonamides is 1. The van der Waals surface area contributed by atoms with Crippen molar-refractivity contribution in [3.8, 4) is 5.75 Å². The molecule has 0 unspecified atom stereocenters. The van der Waals surface area contributed by atoms with Crippen molar-refractivity contribution in [1.82, 2.24) is 10.2 Å². The van der Waals surface area contributed by atoms with E-state index < -0.39 is 40.2 Å². The van der Waals surface area contributed by atoms with Gasteiger partial charge in [-0.2, -0.15) is 0 Å². The minimum Gasteiger partial charge on any atom is -0.494 e. The Bertz CT molecular complexity index is 1660. The first-order valence-corrected chi connectivity index (χ1v) is 15.7. The van der Waals surface area contributed by atoms with E-state index in [1.54, 1.807) is 42.5 Å². The Hall–Kier alpha value is -4.70. The molecule has 0 heterocycles. The van der Waals surface area contributed by atoms with E-state index in [-0.39, 0.29) is 29.1 Å². The highest BCUT2D eigenvalue weighted by molar-refractivity contribution is 7.92. The van der Waals surface area contributed by atoms with Gasteiger partial charge in [0.05, 0.1) is 17.2 Å². The smallest absolute Gasteiger partial charge is 0.264 e. The monoisotopic (exact) mass is 617 g/mol. The number of amides is 2. The first-order valence-electron chi connectivity index (χ1n) is 14.2. The molecule has 0 fully saturated rings. The average Bonchev–Trinajstić information content (AvgIpc) is 3.03. The third-order valence-electron chi connectivity index (χ3n) is 7.14. The summed E-state index contributed by atoms with van der Waals surface area (Å²) < 4.78 is 49.5. The lowest BCUT2D eigenvalue weighted by Gasteiger charge is -2.33. The van der Waals surface area contributed by atoms with Crippen molar-refractivity contribution in [3.63, 3.8) is 0 Å². The van der Waals surface area contributed by atoms with Crippen molar-refractivity contribution in [3.05, 3.63) is 126 Å². The lowest BCUT2D eigenvalue weighted by molar-refractivity contribution is -0.139. The lowest BCUT2D eigenvalue weighted by Crippen LogP contribution is -2.53. The van der Waals surface area contributed by atoms with Gasteiger partial charge in [0.25, 0.3) is 10.0 Å². The summed E-state index contributed by atoms with van der Waals surface area (Å²) in [7, 11) is -2.80. The Labute approximate surface area is 258 Å². The van der Waals surface area contributed by atoms with E-state index in [1.165, 1.54) is 42.3 Å². The fourth-order valence-electron chi connectivity index (χ4n) is 4.77. The molecule has 0 bridgehead atoms. The van der Waals surface area contributed by atoms with Crippen LogP contribution in [0.15, 0.2) is 108 Å². The van der Waals surface area contributed by atoms with Crippen LogP contribution >= 0.6 is 0 Å². The van der Waals surface area contributed by atoms with E-state index in [1.807, 2.05) is 44.2 Å². The fourth-order valence-corrected chi connectivity index (χ4v) is 6.19. The number of nitrogens with one attached hydrogen (secondary N) is 1. The zero-order valence-corrected chi connectivity index (χ0v) is 25.8. The summed E-state index contributed by atoms with van der Waals surface area (Å²) in [5.74, 6) is -1.17. The largest absolute Gasteiger partial charge is 0.494 e. The van der Waals surface area contributed by atoms with Crippen LogP contribution in [-0.4, -0.2) is 51.4 Å². The minimum atomic E-state index is -4.26. The third kappa shape index (κ3) is 7.82. The molecule has 0 aromatic heterocycles. The maximum Gasteiger partial charge on any atom is 0.264 e. The molecular formula is C34H36FN3O5S. The standard InChI is InChI=1S/C34H36FN3O5S/c1-4-43-29-18-20-30(21-19-29)44(41,42)38(28-16-14-25(2)15-17-28)24-33(39)37(23-27-12-8-9-13-31(27)35)32(34(40)36-3)22-26-10-6-5-7-11-26/h5-21,32H,4,22-24H2,1-3H3,(H,36,40)/t32-/m0/s1. The highest BCUT2D eigenvalue weighted by Crippen LogP contribution is 2.27. The van der Waals surface area contributed by atoms with Gasteiger partial charge < -0.3 is 15.0 Å². The number of ether oxygens (including phenoxy) is 1. The molecule has 44 heavy (non-hydrogen) atoms. The first kappa shape index (κ1) is 32.2. The van der Waals surface area contributed by atoms with Crippen LogP contribution < -0.4 is 14.4 Å². The molecule has 0 aliphatic carbocycles. The Kier molecular flexibility index (Phi) is 10.7. The molecule has 0 saturated carbocycles. The summed E-state index contributed by atoms with van der Waals surface area (Å²) >= 11 is 0.